The number of nitrogens with one attached hydrogen (secondary N) is 1. The van der Waals surface area contributed by atoms with E-state index in [-0.39, 0.29) is 18.1 Å². The summed E-state index contributed by atoms with van der Waals surface area (Å²) in [5.74, 6) is -0.770. The number of hydrogen-bond acceptors (Lipinski definition) is 3. The average Bonchev–Trinajstić information content (AvgIpc) is 2.93. The summed E-state index contributed by atoms with van der Waals surface area (Å²) in [5.41, 5.74) is 9.95. The molecule has 2 amide bonds. The Morgan fingerprint density at radius 1 is 1.21 bits per heavy atom. The molecule has 1 aliphatic carbocycles. The van der Waals surface area contributed by atoms with E-state index >= 15 is 0 Å². The quantitative estimate of drug-likeness (QED) is 0.769. The van der Waals surface area contributed by atoms with Gasteiger partial charge >= 0.3 is 0 Å². The van der Waals surface area contributed by atoms with E-state index in [4.69, 9.17) is 5.73 Å². The molecule has 1 aromatic carbocycles. The van der Waals surface area contributed by atoms with E-state index in [1.165, 1.54) is 5.56 Å². The number of carbonyl (C=O) groups is 3. The number of hydrogen-bond donors (Lipinski definition) is 2. The van der Waals surface area contributed by atoms with Crippen LogP contribution in [0, 0.1) is 6.92 Å². The molecule has 0 saturated heterocycles. The summed E-state index contributed by atoms with van der Waals surface area (Å²) >= 11 is 0. The van der Waals surface area contributed by atoms with Crippen LogP contribution >= 0.6 is 0 Å². The fraction of sp³-hybridized carbons (Fsp3) is 0.409. The average molecular weight is 381 g/mol. The Kier molecular flexibility index (Phi) is 5.97. The number of nitrogens with two attached hydrogens (primary N) is 1. The molecule has 0 aliphatic heterocycles. The summed E-state index contributed by atoms with van der Waals surface area (Å²) in [6.45, 7) is 4.29. The number of fused-ring (bicyclic) bond motifs is 1. The maximum Gasteiger partial charge on any atom is 0.239 e. The third-order valence-corrected chi connectivity index (χ3v) is 5.46. The zero-order valence-corrected chi connectivity index (χ0v) is 16.5. The number of rotatable bonds is 7. The van der Waals surface area contributed by atoms with Crippen molar-refractivity contribution in [1.29, 1.82) is 0 Å². The van der Waals surface area contributed by atoms with Crippen LogP contribution in [-0.2, 0) is 35.4 Å². The summed E-state index contributed by atoms with van der Waals surface area (Å²) < 4.78 is 2.19. The number of primary amides is 1. The van der Waals surface area contributed by atoms with Gasteiger partial charge in [-0.15, -0.1) is 0 Å². The van der Waals surface area contributed by atoms with Crippen LogP contribution in [0.5, 0.6) is 0 Å². The first kappa shape index (κ1) is 19.9. The Morgan fingerprint density at radius 2 is 1.93 bits per heavy atom. The first-order chi connectivity index (χ1) is 13.4. The molecule has 0 radical (unpaired) electrons. The van der Waals surface area contributed by atoms with Gasteiger partial charge in [0, 0.05) is 29.9 Å². The van der Waals surface area contributed by atoms with Gasteiger partial charge in [0.15, 0.2) is 5.78 Å². The van der Waals surface area contributed by atoms with Crippen LogP contribution in [-0.4, -0.2) is 28.2 Å². The molecular weight excluding hydrogens is 354 g/mol. The molecule has 2 aromatic rings. The highest BCUT2D eigenvalue weighted by Crippen LogP contribution is 2.30. The van der Waals surface area contributed by atoms with E-state index in [1.54, 1.807) is 6.92 Å². The molecule has 6 heteroatoms. The minimum atomic E-state index is -0.737. The van der Waals surface area contributed by atoms with E-state index in [1.807, 2.05) is 25.1 Å². The van der Waals surface area contributed by atoms with Crippen molar-refractivity contribution in [1.82, 2.24) is 9.88 Å². The fourth-order valence-corrected chi connectivity index (χ4v) is 3.91. The lowest BCUT2D eigenvalue weighted by atomic mass is 9.92. The number of aryl methyl sites for hydroxylation is 1. The first-order valence-corrected chi connectivity index (χ1v) is 9.75. The van der Waals surface area contributed by atoms with E-state index < -0.39 is 11.9 Å². The van der Waals surface area contributed by atoms with Gasteiger partial charge in [-0.2, -0.15) is 0 Å². The van der Waals surface area contributed by atoms with Crippen molar-refractivity contribution < 1.29 is 14.4 Å². The van der Waals surface area contributed by atoms with Gasteiger partial charge in [0.05, 0.1) is 6.42 Å². The maximum atomic E-state index is 12.6. The van der Waals surface area contributed by atoms with Crippen molar-refractivity contribution >= 4 is 17.6 Å². The van der Waals surface area contributed by atoms with Crippen molar-refractivity contribution in [2.24, 2.45) is 5.73 Å². The summed E-state index contributed by atoms with van der Waals surface area (Å²) in [4.78, 5) is 36.3. The molecule has 0 unspecified atom stereocenters. The molecule has 0 saturated carbocycles. The molecule has 3 N–H and O–H groups in total. The van der Waals surface area contributed by atoms with Crippen molar-refractivity contribution in [3.8, 4) is 0 Å². The number of amides is 2. The van der Waals surface area contributed by atoms with Crippen molar-refractivity contribution in [2.75, 3.05) is 0 Å². The molecule has 28 heavy (non-hydrogen) atoms. The maximum absolute atomic E-state index is 12.6. The van der Waals surface area contributed by atoms with Gasteiger partial charge in [0.2, 0.25) is 11.8 Å². The van der Waals surface area contributed by atoms with Gasteiger partial charge in [0.25, 0.3) is 0 Å². The van der Waals surface area contributed by atoms with Crippen molar-refractivity contribution in [3.05, 3.63) is 58.4 Å². The molecule has 1 aromatic heterocycles. The molecule has 0 bridgehead atoms. The Labute approximate surface area is 165 Å². The Bertz CT molecular complexity index is 899. The monoisotopic (exact) mass is 381 g/mol. The second-order valence-corrected chi connectivity index (χ2v) is 7.42. The van der Waals surface area contributed by atoms with Crippen LogP contribution in [0.25, 0.3) is 0 Å². The molecule has 1 heterocycles. The van der Waals surface area contributed by atoms with Crippen LogP contribution in [0.2, 0.25) is 0 Å². The fourth-order valence-electron chi connectivity index (χ4n) is 3.91. The van der Waals surface area contributed by atoms with E-state index in [9.17, 15) is 14.4 Å². The van der Waals surface area contributed by atoms with Crippen LogP contribution in [0.3, 0.4) is 0 Å². The van der Waals surface area contributed by atoms with Crippen LogP contribution < -0.4 is 11.1 Å². The summed E-state index contributed by atoms with van der Waals surface area (Å²) in [7, 11) is 0. The lowest BCUT2D eigenvalue weighted by Gasteiger charge is -2.16. The van der Waals surface area contributed by atoms with Gasteiger partial charge in [-0.3, -0.25) is 14.4 Å². The molecular formula is C22H27N3O3. The van der Waals surface area contributed by atoms with Gasteiger partial charge in [0.1, 0.15) is 6.04 Å². The molecule has 3 rings (SSSR count). The number of nitrogens with zero attached hydrogens (tertiary/aromatic N) is 1. The van der Waals surface area contributed by atoms with Gasteiger partial charge < -0.3 is 15.6 Å². The van der Waals surface area contributed by atoms with E-state index in [0.29, 0.717) is 12.0 Å². The Hall–Kier alpha value is -2.89. The van der Waals surface area contributed by atoms with Gasteiger partial charge in [-0.25, -0.2) is 0 Å². The Morgan fingerprint density at radius 3 is 2.61 bits per heavy atom. The van der Waals surface area contributed by atoms with E-state index in [0.717, 1.165) is 42.8 Å². The third-order valence-electron chi connectivity index (χ3n) is 5.46. The normalized spacial score (nSPS) is 14.4. The third kappa shape index (κ3) is 4.16. The zero-order chi connectivity index (χ0) is 20.3. The predicted molar refractivity (Wildman–Crippen MR) is 107 cm³/mol. The second kappa shape index (κ2) is 8.42. The number of benzene rings is 1. The number of aromatic nitrogens is 1. The summed E-state index contributed by atoms with van der Waals surface area (Å²) in [6.07, 6.45) is 3.14. The van der Waals surface area contributed by atoms with Crippen LogP contribution in [0.1, 0.15) is 52.6 Å². The van der Waals surface area contributed by atoms with Crippen molar-refractivity contribution in [3.63, 3.8) is 0 Å². The topological polar surface area (TPSA) is 94.2 Å². The molecule has 1 aliphatic rings. The van der Waals surface area contributed by atoms with Crippen LogP contribution in [0.4, 0.5) is 0 Å². The predicted octanol–water partition coefficient (Wildman–Crippen LogP) is 2.09. The standard InChI is InChI=1S/C22H27N3O3/c1-14(22(23)28)24-20(27)13-17-15(2)25(12-11-16-7-4-3-5-8-16)18-9-6-10-19(26)21(17)18/h3-5,7-8,14H,6,9-13H2,1-2H3,(H2,23,28)(H,24,27)/t14-/m0/s1. The number of ketones is 1. The number of carbonyl (C=O) groups excluding carboxylic acids is 3. The minimum Gasteiger partial charge on any atom is -0.368 e. The Balaban J connectivity index is 1.87. The van der Waals surface area contributed by atoms with E-state index in [2.05, 4.69) is 22.0 Å². The summed E-state index contributed by atoms with van der Waals surface area (Å²) in [5, 5.41) is 2.61. The lowest BCUT2D eigenvalue weighted by Crippen LogP contribution is -2.42. The largest absolute Gasteiger partial charge is 0.368 e. The summed E-state index contributed by atoms with van der Waals surface area (Å²) in [6, 6.07) is 9.49. The highest BCUT2D eigenvalue weighted by molar-refractivity contribution is 6.01. The number of Topliss-reactive ketones (excluding diaryl/α,β-unsaturated/α-hetero) is 1. The highest BCUT2D eigenvalue weighted by atomic mass is 16.2. The lowest BCUT2D eigenvalue weighted by molar-refractivity contribution is -0.126. The molecule has 0 fully saturated rings. The smallest absolute Gasteiger partial charge is 0.239 e. The second-order valence-electron chi connectivity index (χ2n) is 7.42. The molecule has 0 spiro atoms. The van der Waals surface area contributed by atoms with Gasteiger partial charge in [-0.05, 0) is 44.2 Å². The highest BCUT2D eigenvalue weighted by Gasteiger charge is 2.29. The SMILES string of the molecule is Cc1c(CC(=O)N[C@@H](C)C(N)=O)c2c(n1CCc1ccccc1)CCCC2=O. The van der Waals surface area contributed by atoms with Crippen molar-refractivity contribution in [2.45, 2.75) is 58.5 Å². The molecule has 1 atom stereocenters. The minimum absolute atomic E-state index is 0.0792. The first-order valence-electron chi connectivity index (χ1n) is 9.75. The van der Waals surface area contributed by atoms with Gasteiger partial charge in [-0.1, -0.05) is 30.3 Å². The molecule has 148 valence electrons. The zero-order valence-electron chi connectivity index (χ0n) is 16.5. The van der Waals surface area contributed by atoms with Crippen LogP contribution in [0.15, 0.2) is 30.3 Å². The molecule has 6 nitrogen and oxygen atoms in total.